The summed E-state index contributed by atoms with van der Waals surface area (Å²) in [6.45, 7) is 8.68. The Morgan fingerprint density at radius 2 is 1.81 bits per heavy atom. The summed E-state index contributed by atoms with van der Waals surface area (Å²) < 4.78 is 6.45. The van der Waals surface area contributed by atoms with Crippen LogP contribution in [0, 0.1) is 12.8 Å². The van der Waals surface area contributed by atoms with Crippen molar-refractivity contribution in [1.29, 1.82) is 0 Å². The van der Waals surface area contributed by atoms with Crippen LogP contribution in [0.4, 0.5) is 0 Å². The largest absolute Gasteiger partial charge is 0.369 e. The summed E-state index contributed by atoms with van der Waals surface area (Å²) in [5.41, 5.74) is 2.62. The molecular weight excluding hydrogens is 258 g/mol. The van der Waals surface area contributed by atoms with Crippen molar-refractivity contribution in [3.8, 4) is 0 Å². The number of hydrogen-bond donors (Lipinski definition) is 1. The van der Waals surface area contributed by atoms with Gasteiger partial charge in [0.1, 0.15) is 0 Å². The van der Waals surface area contributed by atoms with Crippen LogP contribution in [0.3, 0.4) is 0 Å². The van der Waals surface area contributed by atoms with Crippen molar-refractivity contribution in [2.24, 2.45) is 5.92 Å². The van der Waals surface area contributed by atoms with Crippen LogP contribution >= 0.6 is 0 Å². The fourth-order valence-electron chi connectivity index (χ4n) is 3.03. The maximum absolute atomic E-state index is 6.45. The Kier molecular flexibility index (Phi) is 6.72. The molecule has 1 atom stereocenters. The van der Waals surface area contributed by atoms with Crippen LogP contribution < -0.4 is 5.32 Å². The SMILES string of the molecule is CCCNCC(OC1CCC(C)CC1)c1ccc(C)cc1. The third kappa shape index (κ3) is 5.44. The standard InChI is InChI=1S/C19H31NO/c1-4-13-20-14-19(17-9-5-15(2)6-10-17)21-18-11-7-16(3)8-12-18/h5-6,9-10,16,18-20H,4,7-8,11-14H2,1-3H3. The maximum Gasteiger partial charge on any atom is 0.0952 e. The minimum absolute atomic E-state index is 0.190. The highest BCUT2D eigenvalue weighted by Crippen LogP contribution is 2.29. The van der Waals surface area contributed by atoms with Gasteiger partial charge in [-0.15, -0.1) is 0 Å². The minimum atomic E-state index is 0.190. The zero-order valence-electron chi connectivity index (χ0n) is 13.9. The Hall–Kier alpha value is -0.860. The molecule has 0 bridgehead atoms. The summed E-state index contributed by atoms with van der Waals surface area (Å²) in [6.07, 6.45) is 6.86. The van der Waals surface area contributed by atoms with E-state index in [9.17, 15) is 0 Å². The highest BCUT2D eigenvalue weighted by molar-refractivity contribution is 5.23. The van der Waals surface area contributed by atoms with Crippen molar-refractivity contribution in [2.75, 3.05) is 13.1 Å². The lowest BCUT2D eigenvalue weighted by Crippen LogP contribution is -2.29. The molecule has 1 unspecified atom stereocenters. The van der Waals surface area contributed by atoms with E-state index in [1.807, 2.05) is 0 Å². The summed E-state index contributed by atoms with van der Waals surface area (Å²) in [6, 6.07) is 8.82. The molecule has 1 fully saturated rings. The molecule has 0 amide bonds. The second-order valence-corrected chi connectivity index (χ2v) is 6.62. The van der Waals surface area contributed by atoms with E-state index in [4.69, 9.17) is 4.74 Å². The molecule has 2 rings (SSSR count). The number of benzene rings is 1. The number of hydrogen-bond acceptors (Lipinski definition) is 2. The average molecular weight is 289 g/mol. The van der Waals surface area contributed by atoms with Gasteiger partial charge in [-0.3, -0.25) is 0 Å². The van der Waals surface area contributed by atoms with Gasteiger partial charge in [0.05, 0.1) is 12.2 Å². The normalized spacial score (nSPS) is 24.0. The van der Waals surface area contributed by atoms with Crippen molar-refractivity contribution >= 4 is 0 Å². The molecule has 0 aliphatic heterocycles. The smallest absolute Gasteiger partial charge is 0.0952 e. The molecule has 21 heavy (non-hydrogen) atoms. The minimum Gasteiger partial charge on any atom is -0.369 e. The molecule has 1 aromatic carbocycles. The van der Waals surface area contributed by atoms with Crippen molar-refractivity contribution in [2.45, 2.75) is 65.1 Å². The zero-order valence-corrected chi connectivity index (χ0v) is 13.9. The van der Waals surface area contributed by atoms with E-state index < -0.39 is 0 Å². The summed E-state index contributed by atoms with van der Waals surface area (Å²) in [4.78, 5) is 0. The van der Waals surface area contributed by atoms with Gasteiger partial charge in [-0.2, -0.15) is 0 Å². The second-order valence-electron chi connectivity index (χ2n) is 6.62. The predicted octanol–water partition coefficient (Wildman–Crippen LogP) is 4.63. The van der Waals surface area contributed by atoms with Crippen molar-refractivity contribution in [3.63, 3.8) is 0 Å². The van der Waals surface area contributed by atoms with Crippen LogP contribution in [0.15, 0.2) is 24.3 Å². The Labute approximate surface area is 130 Å². The lowest BCUT2D eigenvalue weighted by Gasteiger charge is -2.30. The highest BCUT2D eigenvalue weighted by Gasteiger charge is 2.23. The average Bonchev–Trinajstić information content (AvgIpc) is 2.49. The molecular formula is C19H31NO. The molecule has 0 saturated heterocycles. The summed E-state index contributed by atoms with van der Waals surface area (Å²) in [5, 5.41) is 3.52. The van der Waals surface area contributed by atoms with Gasteiger partial charge in [-0.05, 0) is 57.1 Å². The van der Waals surface area contributed by atoms with E-state index in [0.717, 1.165) is 19.0 Å². The molecule has 0 radical (unpaired) electrons. The van der Waals surface area contributed by atoms with Gasteiger partial charge in [0.2, 0.25) is 0 Å². The van der Waals surface area contributed by atoms with E-state index in [0.29, 0.717) is 6.10 Å². The van der Waals surface area contributed by atoms with Crippen molar-refractivity contribution < 1.29 is 4.74 Å². The van der Waals surface area contributed by atoms with E-state index in [2.05, 4.69) is 50.4 Å². The van der Waals surface area contributed by atoms with Crippen LogP contribution in [-0.4, -0.2) is 19.2 Å². The molecule has 0 heterocycles. The highest BCUT2D eigenvalue weighted by atomic mass is 16.5. The van der Waals surface area contributed by atoms with Crippen molar-refractivity contribution in [3.05, 3.63) is 35.4 Å². The Morgan fingerprint density at radius 1 is 1.14 bits per heavy atom. The predicted molar refractivity (Wildman–Crippen MR) is 89.6 cm³/mol. The quantitative estimate of drug-likeness (QED) is 0.739. The third-order valence-corrected chi connectivity index (χ3v) is 4.53. The summed E-state index contributed by atoms with van der Waals surface area (Å²) in [5.74, 6) is 0.876. The van der Waals surface area contributed by atoms with Gasteiger partial charge in [-0.25, -0.2) is 0 Å². The number of aryl methyl sites for hydroxylation is 1. The van der Waals surface area contributed by atoms with Gasteiger partial charge < -0.3 is 10.1 Å². The fourth-order valence-corrected chi connectivity index (χ4v) is 3.03. The lowest BCUT2D eigenvalue weighted by molar-refractivity contribution is -0.0362. The molecule has 1 aromatic rings. The monoisotopic (exact) mass is 289 g/mol. The maximum atomic E-state index is 6.45. The van der Waals surface area contributed by atoms with Crippen LogP contribution in [0.1, 0.15) is 63.2 Å². The fraction of sp³-hybridized carbons (Fsp3) is 0.684. The molecule has 2 heteroatoms. The van der Waals surface area contributed by atoms with Crippen LogP contribution in [0.5, 0.6) is 0 Å². The first-order chi connectivity index (χ1) is 10.2. The van der Waals surface area contributed by atoms with Crippen LogP contribution in [0.25, 0.3) is 0 Å². The van der Waals surface area contributed by atoms with Gasteiger partial charge in [0, 0.05) is 6.54 Å². The molecule has 118 valence electrons. The van der Waals surface area contributed by atoms with Gasteiger partial charge in [0.25, 0.3) is 0 Å². The Balaban J connectivity index is 1.96. The van der Waals surface area contributed by atoms with E-state index >= 15 is 0 Å². The molecule has 1 N–H and O–H groups in total. The molecule has 0 aromatic heterocycles. The summed E-state index contributed by atoms with van der Waals surface area (Å²) >= 11 is 0. The number of nitrogens with one attached hydrogen (secondary N) is 1. The first kappa shape index (κ1) is 16.5. The number of rotatable bonds is 7. The van der Waals surface area contributed by atoms with Crippen molar-refractivity contribution in [1.82, 2.24) is 5.32 Å². The van der Waals surface area contributed by atoms with E-state index in [-0.39, 0.29) is 6.10 Å². The topological polar surface area (TPSA) is 21.3 Å². The molecule has 2 nitrogen and oxygen atoms in total. The Bertz CT molecular complexity index is 393. The van der Waals surface area contributed by atoms with Gasteiger partial charge in [0.15, 0.2) is 0 Å². The van der Waals surface area contributed by atoms with Crippen LogP contribution in [-0.2, 0) is 4.74 Å². The Morgan fingerprint density at radius 3 is 2.43 bits per heavy atom. The zero-order chi connectivity index (χ0) is 15.1. The lowest BCUT2D eigenvalue weighted by atomic mass is 9.89. The van der Waals surface area contributed by atoms with Gasteiger partial charge >= 0.3 is 0 Å². The molecule has 0 spiro atoms. The molecule has 1 saturated carbocycles. The van der Waals surface area contributed by atoms with E-state index in [1.165, 1.54) is 43.2 Å². The summed E-state index contributed by atoms with van der Waals surface area (Å²) in [7, 11) is 0. The third-order valence-electron chi connectivity index (χ3n) is 4.53. The first-order valence-electron chi connectivity index (χ1n) is 8.61. The molecule has 1 aliphatic rings. The van der Waals surface area contributed by atoms with Gasteiger partial charge in [-0.1, -0.05) is 43.7 Å². The van der Waals surface area contributed by atoms with Crippen LogP contribution in [0.2, 0.25) is 0 Å². The number of ether oxygens (including phenoxy) is 1. The van der Waals surface area contributed by atoms with E-state index in [1.54, 1.807) is 0 Å². The first-order valence-corrected chi connectivity index (χ1v) is 8.61. The molecule has 1 aliphatic carbocycles. The second kappa shape index (κ2) is 8.55.